The topological polar surface area (TPSA) is 21.3 Å². The van der Waals surface area contributed by atoms with E-state index in [9.17, 15) is 0 Å². The van der Waals surface area contributed by atoms with E-state index in [0.717, 1.165) is 20.4 Å². The normalized spacial score (nSPS) is 12.1. The van der Waals surface area contributed by atoms with Gasteiger partial charge >= 0.3 is 0 Å². The van der Waals surface area contributed by atoms with E-state index in [-0.39, 0.29) is 6.04 Å². The second-order valence-corrected chi connectivity index (χ2v) is 6.90. The van der Waals surface area contributed by atoms with Crippen LogP contribution in [-0.4, -0.2) is 7.11 Å². The van der Waals surface area contributed by atoms with Gasteiger partial charge in [-0.3, -0.25) is 0 Å². The third-order valence-corrected chi connectivity index (χ3v) is 4.78. The summed E-state index contributed by atoms with van der Waals surface area (Å²) >= 11 is 7.08. The maximum atomic E-state index is 5.36. The second-order valence-electron chi connectivity index (χ2n) is 5.19. The summed E-state index contributed by atoms with van der Waals surface area (Å²) in [5.41, 5.74) is 4.90. The van der Waals surface area contributed by atoms with Gasteiger partial charge in [0.1, 0.15) is 5.75 Å². The summed E-state index contributed by atoms with van der Waals surface area (Å²) in [5.74, 6) is 0.813. The highest BCUT2D eigenvalue weighted by atomic mass is 79.9. The maximum absolute atomic E-state index is 5.36. The number of rotatable bonds is 4. The van der Waals surface area contributed by atoms with Crippen LogP contribution in [-0.2, 0) is 0 Å². The molecule has 21 heavy (non-hydrogen) atoms. The minimum atomic E-state index is 0.216. The first kappa shape index (κ1) is 16.4. The first-order valence-electron chi connectivity index (χ1n) is 6.79. The molecule has 1 unspecified atom stereocenters. The van der Waals surface area contributed by atoms with Crippen molar-refractivity contribution >= 4 is 37.5 Å². The van der Waals surface area contributed by atoms with Crippen LogP contribution >= 0.6 is 31.9 Å². The quantitative estimate of drug-likeness (QED) is 0.663. The number of hydrogen-bond acceptors (Lipinski definition) is 2. The molecular formula is C17H19Br2NO. The van der Waals surface area contributed by atoms with E-state index in [2.05, 4.69) is 76.1 Å². The Balaban J connectivity index is 2.29. The fourth-order valence-corrected chi connectivity index (χ4v) is 3.69. The summed E-state index contributed by atoms with van der Waals surface area (Å²) in [6.07, 6.45) is 0. The molecule has 0 aliphatic heterocycles. The summed E-state index contributed by atoms with van der Waals surface area (Å²) in [7, 11) is 1.67. The van der Waals surface area contributed by atoms with Crippen molar-refractivity contribution in [3.63, 3.8) is 0 Å². The lowest BCUT2D eigenvalue weighted by Gasteiger charge is -2.20. The van der Waals surface area contributed by atoms with Gasteiger partial charge in [-0.1, -0.05) is 23.8 Å². The molecular weight excluding hydrogens is 394 g/mol. The summed E-state index contributed by atoms with van der Waals surface area (Å²) in [6, 6.07) is 10.8. The standard InChI is InChI=1S/C17H19Br2NO/c1-10-5-6-13(11(2)7-10)12(3)20-16-9-17(21-4)15(19)8-14(16)18/h5-9,12,20H,1-4H3. The van der Waals surface area contributed by atoms with Crippen molar-refractivity contribution in [3.8, 4) is 5.75 Å². The number of halogens is 2. The first-order valence-corrected chi connectivity index (χ1v) is 8.37. The van der Waals surface area contributed by atoms with Crippen molar-refractivity contribution in [3.05, 3.63) is 56.0 Å². The highest BCUT2D eigenvalue weighted by Gasteiger charge is 2.12. The second kappa shape index (κ2) is 6.84. The Hall–Kier alpha value is -1.000. The molecule has 2 rings (SSSR count). The number of benzene rings is 2. The number of aryl methyl sites for hydroxylation is 2. The van der Waals surface area contributed by atoms with Crippen LogP contribution in [0.4, 0.5) is 5.69 Å². The van der Waals surface area contributed by atoms with Crippen LogP contribution < -0.4 is 10.1 Å². The van der Waals surface area contributed by atoms with Gasteiger partial charge < -0.3 is 10.1 Å². The monoisotopic (exact) mass is 411 g/mol. The molecule has 0 fully saturated rings. The smallest absolute Gasteiger partial charge is 0.135 e. The fourth-order valence-electron chi connectivity index (χ4n) is 2.42. The molecule has 1 N–H and O–H groups in total. The van der Waals surface area contributed by atoms with Crippen LogP contribution in [0.3, 0.4) is 0 Å². The lowest BCUT2D eigenvalue weighted by molar-refractivity contribution is 0.412. The highest BCUT2D eigenvalue weighted by Crippen LogP contribution is 2.36. The first-order chi connectivity index (χ1) is 9.92. The molecule has 0 saturated heterocycles. The molecule has 112 valence electrons. The molecule has 0 radical (unpaired) electrons. The molecule has 0 aromatic heterocycles. The van der Waals surface area contributed by atoms with E-state index in [4.69, 9.17) is 4.74 Å². The molecule has 0 spiro atoms. The van der Waals surface area contributed by atoms with E-state index in [1.165, 1.54) is 16.7 Å². The Morgan fingerprint density at radius 3 is 2.38 bits per heavy atom. The highest BCUT2D eigenvalue weighted by molar-refractivity contribution is 9.11. The fraction of sp³-hybridized carbons (Fsp3) is 0.294. The Labute approximate surface area is 143 Å². The molecule has 1 atom stereocenters. The van der Waals surface area contributed by atoms with Crippen molar-refractivity contribution in [1.29, 1.82) is 0 Å². The average molecular weight is 413 g/mol. The molecule has 2 nitrogen and oxygen atoms in total. The van der Waals surface area contributed by atoms with Crippen LogP contribution in [0, 0.1) is 13.8 Å². The van der Waals surface area contributed by atoms with Crippen molar-refractivity contribution in [1.82, 2.24) is 0 Å². The molecule has 4 heteroatoms. The van der Waals surface area contributed by atoms with E-state index in [1.54, 1.807) is 7.11 Å². The molecule has 2 aromatic rings. The zero-order valence-electron chi connectivity index (χ0n) is 12.6. The van der Waals surface area contributed by atoms with Crippen molar-refractivity contribution < 1.29 is 4.74 Å². The van der Waals surface area contributed by atoms with Gasteiger partial charge in [0, 0.05) is 16.6 Å². The zero-order valence-corrected chi connectivity index (χ0v) is 15.8. The van der Waals surface area contributed by atoms with Gasteiger partial charge in [0.05, 0.1) is 17.3 Å². The van der Waals surface area contributed by atoms with E-state index in [0.29, 0.717) is 0 Å². The average Bonchev–Trinajstić information content (AvgIpc) is 2.41. The Morgan fingerprint density at radius 1 is 1.05 bits per heavy atom. The maximum Gasteiger partial charge on any atom is 0.135 e. The van der Waals surface area contributed by atoms with Crippen molar-refractivity contribution in [2.75, 3.05) is 12.4 Å². The lowest BCUT2D eigenvalue weighted by atomic mass is 10.00. The van der Waals surface area contributed by atoms with Gasteiger partial charge in [-0.05, 0) is 69.8 Å². The predicted octanol–water partition coefficient (Wildman–Crippen LogP) is 6.01. The van der Waals surface area contributed by atoms with E-state index < -0.39 is 0 Å². The van der Waals surface area contributed by atoms with Crippen molar-refractivity contribution in [2.45, 2.75) is 26.8 Å². The third kappa shape index (κ3) is 3.80. The molecule has 2 aromatic carbocycles. The van der Waals surface area contributed by atoms with Crippen LogP contribution in [0.1, 0.15) is 29.7 Å². The Kier molecular flexibility index (Phi) is 5.33. The van der Waals surface area contributed by atoms with Gasteiger partial charge in [-0.2, -0.15) is 0 Å². The van der Waals surface area contributed by atoms with Crippen LogP contribution in [0.5, 0.6) is 5.75 Å². The van der Waals surface area contributed by atoms with Gasteiger partial charge in [-0.15, -0.1) is 0 Å². The molecule has 0 bridgehead atoms. The molecule has 0 heterocycles. The zero-order chi connectivity index (χ0) is 15.6. The van der Waals surface area contributed by atoms with E-state index >= 15 is 0 Å². The van der Waals surface area contributed by atoms with Crippen LogP contribution in [0.15, 0.2) is 39.3 Å². The number of nitrogens with one attached hydrogen (secondary N) is 1. The minimum Gasteiger partial charge on any atom is -0.495 e. The summed E-state index contributed by atoms with van der Waals surface area (Å²) < 4.78 is 7.30. The third-order valence-electron chi connectivity index (χ3n) is 3.51. The summed E-state index contributed by atoms with van der Waals surface area (Å²) in [5, 5.41) is 3.54. The number of methoxy groups -OCH3 is 1. The molecule has 0 amide bonds. The Bertz CT molecular complexity index is 655. The molecule has 0 saturated carbocycles. The largest absolute Gasteiger partial charge is 0.495 e. The lowest BCUT2D eigenvalue weighted by Crippen LogP contribution is -2.09. The predicted molar refractivity (Wildman–Crippen MR) is 96.3 cm³/mol. The summed E-state index contributed by atoms with van der Waals surface area (Å²) in [4.78, 5) is 0. The van der Waals surface area contributed by atoms with Gasteiger partial charge in [-0.25, -0.2) is 0 Å². The Morgan fingerprint density at radius 2 is 1.76 bits per heavy atom. The number of ether oxygens (including phenoxy) is 1. The van der Waals surface area contributed by atoms with Crippen LogP contribution in [0.2, 0.25) is 0 Å². The molecule has 0 aliphatic carbocycles. The van der Waals surface area contributed by atoms with Gasteiger partial charge in [0.25, 0.3) is 0 Å². The van der Waals surface area contributed by atoms with Crippen LogP contribution in [0.25, 0.3) is 0 Å². The van der Waals surface area contributed by atoms with E-state index in [1.807, 2.05) is 12.1 Å². The summed E-state index contributed by atoms with van der Waals surface area (Å²) in [6.45, 7) is 6.43. The number of anilines is 1. The minimum absolute atomic E-state index is 0.216. The number of hydrogen-bond donors (Lipinski definition) is 1. The SMILES string of the molecule is COc1cc(NC(C)c2ccc(C)cc2C)c(Br)cc1Br. The van der Waals surface area contributed by atoms with Gasteiger partial charge in [0.2, 0.25) is 0 Å². The van der Waals surface area contributed by atoms with Crippen molar-refractivity contribution in [2.24, 2.45) is 0 Å². The van der Waals surface area contributed by atoms with Gasteiger partial charge in [0.15, 0.2) is 0 Å². The molecule has 0 aliphatic rings.